The largest absolute Gasteiger partial charge is 0.456 e. The van der Waals surface area contributed by atoms with Gasteiger partial charge in [-0.3, -0.25) is 18.7 Å². The fourth-order valence-corrected chi connectivity index (χ4v) is 10.6. The number of carbonyl (C=O) groups is 3. The molecule has 3 heterocycles. The van der Waals surface area contributed by atoms with Gasteiger partial charge in [-0.1, -0.05) is 33.3 Å². The Balaban J connectivity index is 1.39. The normalized spacial score (nSPS) is 16.7. The molecule has 0 bridgehead atoms. The number of fused-ring (bicyclic) bond motifs is 2. The number of hydroxylamine groups is 2. The number of hydrogen-bond donors (Lipinski definition) is 3. The summed E-state index contributed by atoms with van der Waals surface area (Å²) >= 11 is 0. The molecule has 3 N–H and O–H groups in total. The van der Waals surface area contributed by atoms with Crippen LogP contribution in [0.5, 0.6) is 0 Å². The number of anilines is 1. The third-order valence-electron chi connectivity index (χ3n) is 13.9. The van der Waals surface area contributed by atoms with Crippen molar-refractivity contribution in [2.24, 2.45) is 0 Å². The molecule has 26 heteroatoms. The van der Waals surface area contributed by atoms with Crippen molar-refractivity contribution in [2.75, 3.05) is 156 Å². The zero-order valence-electron chi connectivity index (χ0n) is 49.8. The number of hydrogen-bond acceptors (Lipinski definition) is 20. The number of ether oxygens (including phenoxy) is 9. The van der Waals surface area contributed by atoms with Gasteiger partial charge in [0, 0.05) is 61.3 Å². The maximum absolute atomic E-state index is 12.6. The van der Waals surface area contributed by atoms with E-state index in [2.05, 4.69) is 25.3 Å². The zero-order valence-corrected chi connectivity index (χ0v) is 51.5. The number of rotatable bonds is 43. The number of benzene rings is 2. The van der Waals surface area contributed by atoms with Gasteiger partial charge in [-0.25, -0.2) is 9.37 Å². The fourth-order valence-electron chi connectivity index (χ4n) is 9.60. The molecule has 0 radical (unpaired) electrons. The second-order valence-corrected chi connectivity index (χ2v) is 24.4. The standard InChI is InChI=1S/C59H87N3O21S2/c1-58(2,3)50-44-47(82-53-43-46(14-16-49(50)53)60(22-25-74-30-33-78-38-40-80-35-32-76-27-24-63)23-26-75-31-34-79-39-41-81-37-36-77-29-28-73-5)11-9-12-54-59(4,20-10-42-84(67,68)69)51-45-48(85(70,71)72)15-17-52(51)61(54)21-8-6-7-13-57(66)83-62-55(64)18-19-56(62)65/h9,11-12,14-17,43-45,63H,6-8,10,13,18-42H2,1-5H3,(H-,67,68,69,70,71,72)/p+1. The summed E-state index contributed by atoms with van der Waals surface area (Å²) in [6, 6.07) is 12.3. The van der Waals surface area contributed by atoms with Crippen LogP contribution in [-0.4, -0.2) is 205 Å². The van der Waals surface area contributed by atoms with Gasteiger partial charge >= 0.3 is 5.97 Å². The number of carbonyl (C=O) groups excluding carboxylic acids is 3. The molecular weight excluding hydrogens is 1150 g/mol. The minimum Gasteiger partial charge on any atom is -0.456 e. The summed E-state index contributed by atoms with van der Waals surface area (Å²) in [6.45, 7) is 16.5. The van der Waals surface area contributed by atoms with Crippen molar-refractivity contribution in [3.05, 3.63) is 82.6 Å². The molecule has 1 aliphatic carbocycles. The third-order valence-corrected chi connectivity index (χ3v) is 15.6. The quantitative estimate of drug-likeness (QED) is 0.0291. The molecule has 85 heavy (non-hydrogen) atoms. The van der Waals surface area contributed by atoms with Crippen LogP contribution in [0.15, 0.2) is 69.6 Å². The van der Waals surface area contributed by atoms with Crippen molar-refractivity contribution in [2.45, 2.75) is 94.8 Å². The first kappa shape index (κ1) is 70.7. The van der Waals surface area contributed by atoms with Gasteiger partial charge in [0.1, 0.15) is 24.7 Å². The van der Waals surface area contributed by atoms with Crippen LogP contribution in [0.4, 0.5) is 5.69 Å². The molecule has 1 saturated heterocycles. The van der Waals surface area contributed by atoms with Gasteiger partial charge < -0.3 is 61.9 Å². The average Bonchev–Trinajstić information content (AvgIpc) is 1.73. The van der Waals surface area contributed by atoms with Crippen molar-refractivity contribution in [1.29, 1.82) is 0 Å². The van der Waals surface area contributed by atoms with E-state index in [0.717, 1.165) is 16.5 Å². The number of amides is 2. The third kappa shape index (κ3) is 24.2. The Morgan fingerprint density at radius 2 is 1.26 bits per heavy atom. The predicted octanol–water partition coefficient (Wildman–Crippen LogP) is 4.98. The number of methoxy groups -OCH3 is 1. The number of aliphatic hydroxyl groups is 1. The molecule has 1 unspecified atom stereocenters. The maximum atomic E-state index is 12.6. The highest BCUT2D eigenvalue weighted by molar-refractivity contribution is 7.86. The van der Waals surface area contributed by atoms with Gasteiger partial charge in [0.15, 0.2) is 13.1 Å². The van der Waals surface area contributed by atoms with E-state index in [1.165, 1.54) is 12.1 Å². The number of nitrogens with zero attached hydrogens (tertiary/aromatic N) is 3. The molecule has 24 nitrogen and oxygen atoms in total. The molecule has 1 atom stereocenters. The van der Waals surface area contributed by atoms with E-state index >= 15 is 0 Å². The number of unbranched alkanes of at least 4 members (excludes halogenated alkanes) is 2. The van der Waals surface area contributed by atoms with E-state index in [4.69, 9.17) is 57.0 Å². The van der Waals surface area contributed by atoms with Crippen LogP contribution in [0, 0.1) is 0 Å². The Hall–Kier alpha value is -5.04. The van der Waals surface area contributed by atoms with Crippen LogP contribution >= 0.6 is 0 Å². The molecular formula is C59H88N3O21S2+. The Labute approximate surface area is 499 Å². The van der Waals surface area contributed by atoms with Gasteiger partial charge in [0.05, 0.1) is 122 Å². The average molecular weight is 1240 g/mol. The lowest BCUT2D eigenvalue weighted by molar-refractivity contribution is -0.197. The summed E-state index contributed by atoms with van der Waals surface area (Å²) in [5.74, 6) is -1.29. The van der Waals surface area contributed by atoms with Crippen LogP contribution in [-0.2, 0) is 92.9 Å². The van der Waals surface area contributed by atoms with Gasteiger partial charge in [-0.05, 0) is 91.6 Å². The first-order valence-electron chi connectivity index (χ1n) is 28.8. The highest BCUT2D eigenvalue weighted by Gasteiger charge is 2.44. The lowest BCUT2D eigenvalue weighted by Gasteiger charge is -2.30. The molecule has 476 valence electrons. The lowest BCUT2D eigenvalue weighted by Crippen LogP contribution is -2.36. The van der Waals surface area contributed by atoms with Crippen molar-refractivity contribution < 1.29 is 97.3 Å². The van der Waals surface area contributed by atoms with E-state index in [-0.39, 0.29) is 55.6 Å². The van der Waals surface area contributed by atoms with E-state index in [0.29, 0.717) is 178 Å². The SMILES string of the molecule is COCCOCCOCCOCCOCC[N+](CCOCCOCCOCCOCCO)=c1ccc2c(C(C)(C)C)cc(/C=C/C=C3/N(CCCCCC(=O)ON4C(=O)CCC4=O)c4ccc(S(=O)(=O)O)cc4C3(C)CCCS(=O)(=O)O)oc-2c1. The van der Waals surface area contributed by atoms with Crippen molar-refractivity contribution in [3.8, 4) is 11.3 Å². The lowest BCUT2D eigenvalue weighted by atomic mass is 9.77. The summed E-state index contributed by atoms with van der Waals surface area (Å²) in [7, 11) is -7.41. The van der Waals surface area contributed by atoms with Gasteiger partial charge in [-0.15, -0.1) is 5.06 Å². The van der Waals surface area contributed by atoms with Crippen LogP contribution in [0.25, 0.3) is 17.4 Å². The number of aliphatic hydroxyl groups excluding tert-OH is 1. The van der Waals surface area contributed by atoms with Crippen molar-refractivity contribution >= 4 is 49.8 Å². The molecule has 1 aromatic carbocycles. The molecule has 1 fully saturated rings. The molecule has 0 spiro atoms. The Bertz CT molecular complexity index is 2890. The van der Waals surface area contributed by atoms with Crippen LogP contribution in [0.2, 0.25) is 0 Å². The smallest absolute Gasteiger partial charge is 0.333 e. The van der Waals surface area contributed by atoms with E-state index < -0.39 is 49.2 Å². The topological polar surface area (TPSA) is 295 Å². The fraction of sp³-hybridized carbons (Fsp3) is 0.627. The van der Waals surface area contributed by atoms with E-state index in [1.807, 2.05) is 54.3 Å². The van der Waals surface area contributed by atoms with Gasteiger partial charge in [0.2, 0.25) is 5.36 Å². The molecule has 4 aliphatic rings. The van der Waals surface area contributed by atoms with Gasteiger partial charge in [0.25, 0.3) is 32.1 Å². The summed E-state index contributed by atoms with van der Waals surface area (Å²) in [6.07, 6.45) is 6.91. The number of imide groups is 1. The first-order valence-corrected chi connectivity index (χ1v) is 31.9. The summed E-state index contributed by atoms with van der Waals surface area (Å²) in [5.41, 5.74) is 2.32. The molecule has 2 amide bonds. The molecule has 5 rings (SSSR count). The molecule has 1 aromatic rings. The first-order chi connectivity index (χ1) is 40.7. The maximum Gasteiger partial charge on any atom is 0.333 e. The molecule has 0 saturated carbocycles. The predicted molar refractivity (Wildman–Crippen MR) is 314 cm³/mol. The van der Waals surface area contributed by atoms with E-state index in [1.54, 1.807) is 13.2 Å². The molecule has 3 aliphatic heterocycles. The van der Waals surface area contributed by atoms with Crippen LogP contribution < -0.4 is 14.8 Å². The highest BCUT2D eigenvalue weighted by Crippen LogP contribution is 2.51. The Morgan fingerprint density at radius 3 is 1.79 bits per heavy atom. The molecule has 0 aromatic heterocycles. The van der Waals surface area contributed by atoms with Gasteiger partial charge in [-0.2, -0.15) is 16.8 Å². The summed E-state index contributed by atoms with van der Waals surface area (Å²) in [4.78, 5) is 43.3. The Morgan fingerprint density at radius 1 is 0.706 bits per heavy atom. The minimum absolute atomic E-state index is 0.00352. The van der Waals surface area contributed by atoms with Crippen molar-refractivity contribution in [1.82, 2.24) is 9.64 Å². The van der Waals surface area contributed by atoms with E-state index in [9.17, 15) is 40.3 Å². The Kier molecular flexibility index (Phi) is 30.2. The van der Waals surface area contributed by atoms with Crippen LogP contribution in [0.1, 0.15) is 95.9 Å². The summed E-state index contributed by atoms with van der Waals surface area (Å²) in [5, 5.41) is 10.2. The monoisotopic (exact) mass is 1240 g/mol. The zero-order chi connectivity index (χ0) is 61.7. The summed E-state index contributed by atoms with van der Waals surface area (Å²) < 4.78 is 128. The second kappa shape index (κ2) is 36.3. The number of allylic oxidation sites excluding steroid dienone is 3. The minimum atomic E-state index is -4.66. The second-order valence-electron chi connectivity index (χ2n) is 21.4. The van der Waals surface area contributed by atoms with Crippen LogP contribution in [0.3, 0.4) is 0 Å². The van der Waals surface area contributed by atoms with Crippen molar-refractivity contribution in [3.63, 3.8) is 0 Å². The highest BCUT2D eigenvalue weighted by atomic mass is 32.2.